The molecular weight excluding hydrogens is 236 g/mol. The second-order valence-corrected chi connectivity index (χ2v) is 3.66. The molecule has 5 nitrogen and oxygen atoms in total. The maximum atomic E-state index is 10.8. The van der Waals surface area contributed by atoms with Crippen LogP contribution in [-0.4, -0.2) is 33.7 Å². The number of carbonyl (C=O) groups excluding carboxylic acids is 1. The first-order valence-electron chi connectivity index (χ1n) is 5.54. The highest BCUT2D eigenvalue weighted by Gasteiger charge is 2.13. The summed E-state index contributed by atoms with van der Waals surface area (Å²) in [7, 11) is 4.62. The Labute approximate surface area is 107 Å². The van der Waals surface area contributed by atoms with E-state index in [4.69, 9.17) is 18.9 Å². The SMILES string of the molecule is COc1cc(OCCC(C)=O)cc(OC)c1OC. The smallest absolute Gasteiger partial charge is 0.203 e. The van der Waals surface area contributed by atoms with Crippen LogP contribution in [0.15, 0.2) is 12.1 Å². The predicted octanol–water partition coefficient (Wildman–Crippen LogP) is 2.07. The zero-order valence-corrected chi connectivity index (χ0v) is 11.1. The van der Waals surface area contributed by atoms with Crippen LogP contribution in [0.4, 0.5) is 0 Å². The Balaban J connectivity index is 2.89. The first kappa shape index (κ1) is 14.2. The Hall–Kier alpha value is -1.91. The molecular formula is C13H18O5. The lowest BCUT2D eigenvalue weighted by atomic mass is 10.2. The average molecular weight is 254 g/mol. The van der Waals surface area contributed by atoms with E-state index in [2.05, 4.69) is 0 Å². The van der Waals surface area contributed by atoms with E-state index in [0.29, 0.717) is 36.0 Å². The zero-order valence-electron chi connectivity index (χ0n) is 11.1. The molecule has 1 rings (SSSR count). The lowest BCUT2D eigenvalue weighted by molar-refractivity contribution is -0.117. The molecule has 0 fully saturated rings. The van der Waals surface area contributed by atoms with Gasteiger partial charge in [-0.15, -0.1) is 0 Å². The molecule has 0 bridgehead atoms. The zero-order chi connectivity index (χ0) is 13.5. The minimum absolute atomic E-state index is 0.0856. The monoisotopic (exact) mass is 254 g/mol. The normalized spacial score (nSPS) is 9.78. The first-order chi connectivity index (χ1) is 8.62. The number of benzene rings is 1. The fourth-order valence-corrected chi connectivity index (χ4v) is 1.45. The second kappa shape index (κ2) is 6.74. The van der Waals surface area contributed by atoms with Gasteiger partial charge in [-0.05, 0) is 6.92 Å². The molecule has 5 heteroatoms. The third kappa shape index (κ3) is 3.55. The van der Waals surface area contributed by atoms with Gasteiger partial charge in [0.05, 0.1) is 27.9 Å². The van der Waals surface area contributed by atoms with Crippen LogP contribution in [0.2, 0.25) is 0 Å². The van der Waals surface area contributed by atoms with Gasteiger partial charge in [-0.25, -0.2) is 0 Å². The van der Waals surface area contributed by atoms with Crippen molar-refractivity contribution in [2.24, 2.45) is 0 Å². The van der Waals surface area contributed by atoms with Crippen molar-refractivity contribution in [3.05, 3.63) is 12.1 Å². The number of rotatable bonds is 7. The van der Waals surface area contributed by atoms with Gasteiger partial charge in [-0.1, -0.05) is 0 Å². The van der Waals surface area contributed by atoms with Crippen molar-refractivity contribution in [2.45, 2.75) is 13.3 Å². The molecule has 0 amide bonds. The fraction of sp³-hybridized carbons (Fsp3) is 0.462. The lowest BCUT2D eigenvalue weighted by Crippen LogP contribution is -2.03. The van der Waals surface area contributed by atoms with Crippen molar-refractivity contribution in [3.8, 4) is 23.0 Å². The van der Waals surface area contributed by atoms with Crippen LogP contribution in [-0.2, 0) is 4.79 Å². The Morgan fingerprint density at radius 2 is 1.61 bits per heavy atom. The van der Waals surface area contributed by atoms with Crippen LogP contribution in [0.25, 0.3) is 0 Å². The summed E-state index contributed by atoms with van der Waals surface area (Å²) in [4.78, 5) is 10.8. The fourth-order valence-electron chi connectivity index (χ4n) is 1.45. The molecule has 0 aromatic heterocycles. The van der Waals surface area contributed by atoms with E-state index < -0.39 is 0 Å². The topological polar surface area (TPSA) is 54.0 Å². The molecule has 0 aliphatic rings. The number of Topliss-reactive ketones (excluding diaryl/α,β-unsaturated/α-hetero) is 1. The van der Waals surface area contributed by atoms with E-state index in [1.54, 1.807) is 12.1 Å². The second-order valence-electron chi connectivity index (χ2n) is 3.66. The predicted molar refractivity (Wildman–Crippen MR) is 66.9 cm³/mol. The summed E-state index contributed by atoms with van der Waals surface area (Å²) >= 11 is 0. The van der Waals surface area contributed by atoms with Crippen molar-refractivity contribution in [1.82, 2.24) is 0 Å². The van der Waals surface area contributed by atoms with Gasteiger partial charge in [0.25, 0.3) is 0 Å². The number of hydrogen-bond donors (Lipinski definition) is 0. The molecule has 0 N–H and O–H groups in total. The van der Waals surface area contributed by atoms with E-state index >= 15 is 0 Å². The third-order valence-corrected chi connectivity index (χ3v) is 2.36. The molecule has 0 saturated carbocycles. The van der Waals surface area contributed by atoms with Gasteiger partial charge in [0.15, 0.2) is 11.5 Å². The van der Waals surface area contributed by atoms with Gasteiger partial charge in [0.1, 0.15) is 11.5 Å². The Kier molecular flexibility index (Phi) is 5.30. The van der Waals surface area contributed by atoms with Gasteiger partial charge in [0, 0.05) is 18.6 Å². The summed E-state index contributed by atoms with van der Waals surface area (Å²) in [5.74, 6) is 2.22. The van der Waals surface area contributed by atoms with Crippen LogP contribution in [0.5, 0.6) is 23.0 Å². The lowest BCUT2D eigenvalue weighted by Gasteiger charge is -2.14. The molecule has 0 unspecified atom stereocenters. The third-order valence-electron chi connectivity index (χ3n) is 2.36. The largest absolute Gasteiger partial charge is 0.493 e. The summed E-state index contributed by atoms with van der Waals surface area (Å²) < 4.78 is 21.1. The number of methoxy groups -OCH3 is 3. The highest BCUT2D eigenvalue weighted by atomic mass is 16.5. The standard InChI is InChI=1S/C13H18O5/c1-9(14)5-6-18-10-7-11(15-2)13(17-4)12(8-10)16-3/h7-8H,5-6H2,1-4H3. The van der Waals surface area contributed by atoms with Gasteiger partial charge in [-0.3, -0.25) is 4.79 Å². The Morgan fingerprint density at radius 3 is 2.00 bits per heavy atom. The van der Waals surface area contributed by atoms with Crippen molar-refractivity contribution >= 4 is 5.78 Å². The maximum absolute atomic E-state index is 10.8. The van der Waals surface area contributed by atoms with Crippen molar-refractivity contribution in [2.75, 3.05) is 27.9 Å². The Bertz CT molecular complexity index is 389. The van der Waals surface area contributed by atoms with Crippen LogP contribution < -0.4 is 18.9 Å². The van der Waals surface area contributed by atoms with Gasteiger partial charge >= 0.3 is 0 Å². The molecule has 0 atom stereocenters. The van der Waals surface area contributed by atoms with Gasteiger partial charge < -0.3 is 18.9 Å². The Morgan fingerprint density at radius 1 is 1.06 bits per heavy atom. The molecule has 1 aromatic rings. The summed E-state index contributed by atoms with van der Waals surface area (Å²) in [6.45, 7) is 1.85. The van der Waals surface area contributed by atoms with Crippen LogP contribution in [0, 0.1) is 0 Å². The highest BCUT2D eigenvalue weighted by molar-refractivity contribution is 5.75. The molecule has 1 aromatic carbocycles. The molecule has 18 heavy (non-hydrogen) atoms. The van der Waals surface area contributed by atoms with E-state index in [9.17, 15) is 4.79 Å². The van der Waals surface area contributed by atoms with E-state index in [0.717, 1.165) is 0 Å². The van der Waals surface area contributed by atoms with Crippen molar-refractivity contribution in [3.63, 3.8) is 0 Å². The van der Waals surface area contributed by atoms with E-state index in [-0.39, 0.29) is 5.78 Å². The van der Waals surface area contributed by atoms with Crippen LogP contribution >= 0.6 is 0 Å². The van der Waals surface area contributed by atoms with Crippen molar-refractivity contribution in [1.29, 1.82) is 0 Å². The molecule has 0 aliphatic heterocycles. The number of ether oxygens (including phenoxy) is 4. The van der Waals surface area contributed by atoms with Crippen LogP contribution in [0.1, 0.15) is 13.3 Å². The summed E-state index contributed by atoms with van der Waals surface area (Å²) in [5, 5.41) is 0. The van der Waals surface area contributed by atoms with E-state index in [1.807, 2.05) is 0 Å². The number of ketones is 1. The molecule has 0 saturated heterocycles. The molecule has 0 aliphatic carbocycles. The van der Waals surface area contributed by atoms with Crippen LogP contribution in [0.3, 0.4) is 0 Å². The quantitative estimate of drug-likeness (QED) is 0.745. The van der Waals surface area contributed by atoms with Gasteiger partial charge in [-0.2, -0.15) is 0 Å². The summed E-state index contributed by atoms with van der Waals surface area (Å²) in [5.41, 5.74) is 0. The summed E-state index contributed by atoms with van der Waals surface area (Å²) in [6.07, 6.45) is 0.372. The first-order valence-corrected chi connectivity index (χ1v) is 5.54. The summed E-state index contributed by atoms with van der Waals surface area (Å²) in [6, 6.07) is 3.39. The minimum Gasteiger partial charge on any atom is -0.493 e. The van der Waals surface area contributed by atoms with Gasteiger partial charge in [0.2, 0.25) is 5.75 Å². The van der Waals surface area contributed by atoms with E-state index in [1.165, 1.54) is 28.3 Å². The number of hydrogen-bond acceptors (Lipinski definition) is 5. The minimum atomic E-state index is 0.0856. The molecule has 100 valence electrons. The van der Waals surface area contributed by atoms with Crippen molar-refractivity contribution < 1.29 is 23.7 Å². The molecule has 0 radical (unpaired) electrons. The average Bonchev–Trinajstić information content (AvgIpc) is 2.36. The molecule has 0 spiro atoms. The maximum Gasteiger partial charge on any atom is 0.203 e. The highest BCUT2D eigenvalue weighted by Crippen LogP contribution is 2.40. The number of carbonyl (C=O) groups is 1. The molecule has 0 heterocycles.